The van der Waals surface area contributed by atoms with Crippen LogP contribution in [0.15, 0.2) is 54.6 Å². The first-order valence-corrected chi connectivity index (χ1v) is 9.99. The number of rotatable bonds is 4. The second kappa shape index (κ2) is 8.52. The van der Waals surface area contributed by atoms with Crippen LogP contribution in [0.2, 0.25) is 0 Å². The van der Waals surface area contributed by atoms with Crippen molar-refractivity contribution in [3.63, 3.8) is 0 Å². The number of anilines is 1. The molecule has 8 heteroatoms. The number of benzene rings is 2. The van der Waals surface area contributed by atoms with Gasteiger partial charge >= 0.3 is 12.1 Å². The normalized spacial score (nSPS) is 17.6. The van der Waals surface area contributed by atoms with Gasteiger partial charge in [-0.3, -0.25) is 4.79 Å². The van der Waals surface area contributed by atoms with E-state index in [-0.39, 0.29) is 36.4 Å². The molecule has 0 saturated carbocycles. The van der Waals surface area contributed by atoms with Crippen molar-refractivity contribution in [3.8, 4) is 0 Å². The summed E-state index contributed by atoms with van der Waals surface area (Å²) in [6.45, 7) is 1.39. The van der Waals surface area contributed by atoms with Crippen LogP contribution < -0.4 is 10.2 Å². The molecule has 0 spiro atoms. The molecule has 2 heterocycles. The molecular formula is C22H23FN4O3. The summed E-state index contributed by atoms with van der Waals surface area (Å²) in [6, 6.07) is 14.3. The van der Waals surface area contributed by atoms with Crippen molar-refractivity contribution >= 4 is 23.7 Å². The number of carbonyl (C=O) groups excluding carboxylic acids is 3. The first-order valence-electron chi connectivity index (χ1n) is 9.99. The minimum Gasteiger partial charge on any atom is -0.334 e. The summed E-state index contributed by atoms with van der Waals surface area (Å²) < 4.78 is 13.0. The van der Waals surface area contributed by atoms with Gasteiger partial charge in [-0.1, -0.05) is 30.3 Å². The highest BCUT2D eigenvalue weighted by Gasteiger charge is 2.41. The average Bonchev–Trinajstić information content (AvgIpc) is 3.07. The molecule has 0 aromatic heterocycles. The third-order valence-corrected chi connectivity index (χ3v) is 5.56. The van der Waals surface area contributed by atoms with Crippen molar-refractivity contribution in [1.82, 2.24) is 15.1 Å². The van der Waals surface area contributed by atoms with Crippen LogP contribution in [0.1, 0.15) is 18.4 Å². The van der Waals surface area contributed by atoms with Gasteiger partial charge in [-0.2, -0.15) is 0 Å². The van der Waals surface area contributed by atoms with Crippen molar-refractivity contribution in [2.24, 2.45) is 0 Å². The fourth-order valence-electron chi connectivity index (χ4n) is 3.91. The van der Waals surface area contributed by atoms with Gasteiger partial charge in [-0.25, -0.2) is 18.9 Å². The number of hydrogen-bond acceptors (Lipinski definition) is 3. The number of para-hydroxylation sites is 1. The van der Waals surface area contributed by atoms with Crippen LogP contribution in [-0.2, 0) is 11.3 Å². The van der Waals surface area contributed by atoms with E-state index < -0.39 is 0 Å². The van der Waals surface area contributed by atoms with Gasteiger partial charge in [0.25, 0.3) is 5.91 Å². The van der Waals surface area contributed by atoms with Crippen LogP contribution in [-0.4, -0.2) is 53.4 Å². The Morgan fingerprint density at radius 3 is 2.33 bits per heavy atom. The first-order chi connectivity index (χ1) is 14.5. The molecule has 30 heavy (non-hydrogen) atoms. The Balaban J connectivity index is 1.30. The van der Waals surface area contributed by atoms with E-state index >= 15 is 0 Å². The van der Waals surface area contributed by atoms with E-state index in [4.69, 9.17) is 0 Å². The van der Waals surface area contributed by atoms with E-state index in [1.54, 1.807) is 46.2 Å². The number of halogens is 1. The van der Waals surface area contributed by atoms with Crippen molar-refractivity contribution in [2.45, 2.75) is 25.4 Å². The minimum absolute atomic E-state index is 0.0646. The lowest BCUT2D eigenvalue weighted by atomic mass is 10.0. The Bertz CT molecular complexity index is 927. The summed E-state index contributed by atoms with van der Waals surface area (Å²) >= 11 is 0. The van der Waals surface area contributed by atoms with E-state index in [2.05, 4.69) is 5.32 Å². The number of nitrogens with zero attached hydrogens (tertiary/aromatic N) is 3. The van der Waals surface area contributed by atoms with E-state index in [1.807, 2.05) is 6.07 Å². The number of urea groups is 2. The van der Waals surface area contributed by atoms with Crippen LogP contribution in [0.4, 0.5) is 19.7 Å². The van der Waals surface area contributed by atoms with Crippen molar-refractivity contribution in [2.75, 3.05) is 24.5 Å². The molecule has 0 atom stereocenters. The molecule has 2 aromatic rings. The van der Waals surface area contributed by atoms with Crippen LogP contribution in [0.5, 0.6) is 0 Å². The summed E-state index contributed by atoms with van der Waals surface area (Å²) in [6.07, 6.45) is 1.23. The molecule has 0 radical (unpaired) electrons. The first kappa shape index (κ1) is 19.9. The Labute approximate surface area is 174 Å². The predicted octanol–water partition coefficient (Wildman–Crippen LogP) is 2.97. The average molecular weight is 410 g/mol. The lowest BCUT2D eigenvalue weighted by Crippen LogP contribution is -2.50. The Morgan fingerprint density at radius 2 is 1.67 bits per heavy atom. The number of imide groups is 1. The highest BCUT2D eigenvalue weighted by atomic mass is 19.1. The molecule has 0 unspecified atom stereocenters. The fraction of sp³-hybridized carbons (Fsp3) is 0.318. The molecule has 156 valence electrons. The molecule has 4 rings (SSSR count). The molecule has 1 N–H and O–H groups in total. The summed E-state index contributed by atoms with van der Waals surface area (Å²) in [5.41, 5.74) is 1.40. The molecular weight excluding hydrogens is 387 g/mol. The lowest BCUT2D eigenvalue weighted by Gasteiger charge is -2.36. The molecule has 0 aliphatic carbocycles. The maximum atomic E-state index is 13.0. The standard InChI is InChI=1S/C22H23FN4O3/c23-17-8-6-16(7-9-17)14-24-21(29)25-12-10-18(11-13-25)26-15-20(28)27(22(26)30)19-4-2-1-3-5-19/h1-9,18H,10-15H2,(H,24,29). The summed E-state index contributed by atoms with van der Waals surface area (Å²) in [7, 11) is 0. The number of hydrogen-bond donors (Lipinski definition) is 1. The zero-order chi connectivity index (χ0) is 21.1. The largest absolute Gasteiger partial charge is 0.334 e. The van der Waals surface area contributed by atoms with E-state index in [9.17, 15) is 18.8 Å². The Morgan fingerprint density at radius 1 is 1.00 bits per heavy atom. The van der Waals surface area contributed by atoms with Gasteiger partial charge in [0.05, 0.1) is 5.69 Å². The zero-order valence-corrected chi connectivity index (χ0v) is 16.5. The number of likely N-dealkylation sites (tertiary alicyclic amines) is 1. The minimum atomic E-state index is -0.312. The van der Waals surface area contributed by atoms with E-state index in [0.717, 1.165) is 5.56 Å². The molecule has 2 aliphatic heterocycles. The van der Waals surface area contributed by atoms with Gasteiger partial charge in [-0.15, -0.1) is 0 Å². The molecule has 0 bridgehead atoms. The third-order valence-electron chi connectivity index (χ3n) is 5.56. The topological polar surface area (TPSA) is 73.0 Å². The van der Waals surface area contributed by atoms with Gasteiger partial charge in [0.15, 0.2) is 0 Å². The molecule has 2 fully saturated rings. The van der Waals surface area contributed by atoms with E-state index in [0.29, 0.717) is 38.2 Å². The summed E-state index contributed by atoms with van der Waals surface area (Å²) in [5, 5.41) is 2.84. The van der Waals surface area contributed by atoms with Gasteiger partial charge in [0.2, 0.25) is 0 Å². The molecule has 5 amide bonds. The Kier molecular flexibility index (Phi) is 5.65. The highest BCUT2D eigenvalue weighted by molar-refractivity contribution is 6.19. The molecule has 2 saturated heterocycles. The van der Waals surface area contributed by atoms with E-state index in [1.165, 1.54) is 17.0 Å². The van der Waals surface area contributed by atoms with Crippen LogP contribution in [0, 0.1) is 5.82 Å². The number of carbonyl (C=O) groups is 3. The van der Waals surface area contributed by atoms with Crippen LogP contribution in [0.25, 0.3) is 0 Å². The summed E-state index contributed by atoms with van der Waals surface area (Å²) in [4.78, 5) is 42.2. The van der Waals surface area contributed by atoms with Gasteiger partial charge in [-0.05, 0) is 42.7 Å². The van der Waals surface area contributed by atoms with Crippen molar-refractivity contribution < 1.29 is 18.8 Å². The maximum absolute atomic E-state index is 13.0. The lowest BCUT2D eigenvalue weighted by molar-refractivity contribution is -0.116. The van der Waals surface area contributed by atoms with Gasteiger partial charge in [0, 0.05) is 25.7 Å². The van der Waals surface area contributed by atoms with Crippen molar-refractivity contribution in [3.05, 3.63) is 66.0 Å². The molecule has 2 aromatic carbocycles. The zero-order valence-electron chi connectivity index (χ0n) is 16.5. The highest BCUT2D eigenvalue weighted by Crippen LogP contribution is 2.26. The monoisotopic (exact) mass is 410 g/mol. The second-order valence-electron chi connectivity index (χ2n) is 7.48. The number of amides is 5. The smallest absolute Gasteiger partial charge is 0.332 e. The van der Waals surface area contributed by atoms with Gasteiger partial charge in [0.1, 0.15) is 12.4 Å². The quantitative estimate of drug-likeness (QED) is 0.788. The maximum Gasteiger partial charge on any atom is 0.332 e. The Hall–Kier alpha value is -3.42. The van der Waals surface area contributed by atoms with Crippen molar-refractivity contribution in [1.29, 1.82) is 0 Å². The third kappa shape index (κ3) is 4.12. The molecule has 7 nitrogen and oxygen atoms in total. The predicted molar refractivity (Wildman–Crippen MR) is 109 cm³/mol. The van der Waals surface area contributed by atoms with Gasteiger partial charge < -0.3 is 15.1 Å². The van der Waals surface area contributed by atoms with Crippen LogP contribution >= 0.6 is 0 Å². The second-order valence-corrected chi connectivity index (χ2v) is 7.48. The van der Waals surface area contributed by atoms with Crippen LogP contribution in [0.3, 0.4) is 0 Å². The number of nitrogens with one attached hydrogen (secondary N) is 1. The summed E-state index contributed by atoms with van der Waals surface area (Å²) in [5.74, 6) is -0.543. The SMILES string of the molecule is O=C(NCc1ccc(F)cc1)N1CCC(N2CC(=O)N(c3ccccc3)C2=O)CC1. The number of piperidine rings is 1. The fourth-order valence-corrected chi connectivity index (χ4v) is 3.91. The molecule has 2 aliphatic rings.